The van der Waals surface area contributed by atoms with Gasteiger partial charge in [-0.05, 0) is 45.9 Å². The van der Waals surface area contributed by atoms with E-state index in [9.17, 15) is 4.79 Å². The second-order valence-electron chi connectivity index (χ2n) is 4.73. The zero-order chi connectivity index (χ0) is 14.7. The summed E-state index contributed by atoms with van der Waals surface area (Å²) in [5.74, 6) is 1.23. The van der Waals surface area contributed by atoms with Crippen molar-refractivity contribution in [2.45, 2.75) is 34.2 Å². The molecule has 0 saturated carbocycles. The number of hydrogen-bond acceptors (Lipinski definition) is 4. The number of aryl methyl sites for hydroxylation is 3. The molecule has 0 aliphatic carbocycles. The van der Waals surface area contributed by atoms with Crippen molar-refractivity contribution >= 4 is 11.6 Å². The number of carbonyl (C=O) groups is 1. The topological polar surface area (TPSA) is 72.4 Å². The molecule has 0 fully saturated rings. The van der Waals surface area contributed by atoms with Crippen LogP contribution in [0.2, 0.25) is 0 Å². The molecule has 2 aromatic heterocycles. The first-order valence-electron chi connectivity index (χ1n) is 6.36. The van der Waals surface area contributed by atoms with Crippen molar-refractivity contribution < 1.29 is 9.21 Å². The molecule has 0 atom stereocenters. The van der Waals surface area contributed by atoms with Gasteiger partial charge in [0, 0.05) is 5.69 Å². The zero-order valence-electron chi connectivity index (χ0n) is 12.1. The Bertz CT molecular complexity index is 652. The Morgan fingerprint density at radius 1 is 1.40 bits per heavy atom. The molecule has 0 spiro atoms. The molecule has 0 aliphatic heterocycles. The van der Waals surface area contributed by atoms with Crippen LogP contribution in [0.4, 0.5) is 0 Å². The Kier molecular flexibility index (Phi) is 4.02. The number of hydrogen-bond donors (Lipinski definition) is 1. The SMILES string of the molecule is C/C(=N/NC(=O)Cn1nc(C)cc1C)c1ccc(C)o1. The summed E-state index contributed by atoms with van der Waals surface area (Å²) in [6.45, 7) is 7.59. The number of furan rings is 1. The molecule has 1 N–H and O–H groups in total. The van der Waals surface area contributed by atoms with Crippen LogP contribution in [0.15, 0.2) is 27.7 Å². The first-order chi connectivity index (χ1) is 9.45. The maximum absolute atomic E-state index is 11.8. The van der Waals surface area contributed by atoms with Crippen LogP contribution in [0.3, 0.4) is 0 Å². The van der Waals surface area contributed by atoms with Crippen LogP contribution in [0.5, 0.6) is 0 Å². The summed E-state index contributed by atoms with van der Waals surface area (Å²) in [6, 6.07) is 5.60. The highest BCUT2D eigenvalue weighted by Crippen LogP contribution is 2.07. The van der Waals surface area contributed by atoms with Crippen molar-refractivity contribution in [1.29, 1.82) is 0 Å². The summed E-state index contributed by atoms with van der Waals surface area (Å²) in [4.78, 5) is 11.8. The van der Waals surface area contributed by atoms with Crippen molar-refractivity contribution in [2.75, 3.05) is 0 Å². The fraction of sp³-hybridized carbons (Fsp3) is 0.357. The lowest BCUT2D eigenvalue weighted by molar-refractivity contribution is -0.121. The predicted molar refractivity (Wildman–Crippen MR) is 75.5 cm³/mol. The van der Waals surface area contributed by atoms with Gasteiger partial charge in [0.1, 0.15) is 23.8 Å². The van der Waals surface area contributed by atoms with Crippen LogP contribution in [0.1, 0.15) is 29.8 Å². The minimum absolute atomic E-state index is 0.146. The second kappa shape index (κ2) is 5.73. The fourth-order valence-corrected chi connectivity index (χ4v) is 1.84. The van der Waals surface area contributed by atoms with Crippen molar-refractivity contribution in [1.82, 2.24) is 15.2 Å². The molecule has 1 amide bonds. The quantitative estimate of drug-likeness (QED) is 0.684. The lowest BCUT2D eigenvalue weighted by Crippen LogP contribution is -2.25. The van der Waals surface area contributed by atoms with E-state index in [1.54, 1.807) is 11.6 Å². The van der Waals surface area contributed by atoms with Crippen molar-refractivity contribution in [3.05, 3.63) is 41.1 Å². The lowest BCUT2D eigenvalue weighted by atomic mass is 10.3. The van der Waals surface area contributed by atoms with E-state index in [0.29, 0.717) is 11.5 Å². The van der Waals surface area contributed by atoms with Gasteiger partial charge in [-0.1, -0.05) is 0 Å². The summed E-state index contributed by atoms with van der Waals surface area (Å²) in [5, 5.41) is 8.25. The molecule has 0 aromatic carbocycles. The molecule has 2 rings (SSSR count). The van der Waals surface area contributed by atoms with Gasteiger partial charge < -0.3 is 4.42 Å². The van der Waals surface area contributed by atoms with Crippen LogP contribution in [0.25, 0.3) is 0 Å². The molecule has 106 valence electrons. The summed E-state index contributed by atoms with van der Waals surface area (Å²) >= 11 is 0. The summed E-state index contributed by atoms with van der Waals surface area (Å²) < 4.78 is 7.06. The number of hydrazone groups is 1. The number of amides is 1. The van der Waals surface area contributed by atoms with Gasteiger partial charge in [0.2, 0.25) is 0 Å². The number of aromatic nitrogens is 2. The maximum atomic E-state index is 11.8. The minimum Gasteiger partial charge on any atom is -0.460 e. The van der Waals surface area contributed by atoms with Crippen molar-refractivity contribution in [3.8, 4) is 0 Å². The smallest absolute Gasteiger partial charge is 0.261 e. The van der Waals surface area contributed by atoms with Crippen LogP contribution < -0.4 is 5.43 Å². The van der Waals surface area contributed by atoms with Gasteiger partial charge in [-0.3, -0.25) is 9.48 Å². The van der Waals surface area contributed by atoms with E-state index >= 15 is 0 Å². The molecule has 6 nitrogen and oxygen atoms in total. The van der Waals surface area contributed by atoms with E-state index in [1.165, 1.54) is 0 Å². The van der Waals surface area contributed by atoms with E-state index in [-0.39, 0.29) is 12.5 Å². The normalized spacial score (nSPS) is 11.7. The molecular weight excluding hydrogens is 256 g/mol. The van der Waals surface area contributed by atoms with Gasteiger partial charge in [-0.15, -0.1) is 0 Å². The van der Waals surface area contributed by atoms with Gasteiger partial charge in [0.25, 0.3) is 5.91 Å². The van der Waals surface area contributed by atoms with Crippen LogP contribution >= 0.6 is 0 Å². The molecule has 2 aromatic rings. The molecule has 0 bridgehead atoms. The van der Waals surface area contributed by atoms with E-state index < -0.39 is 0 Å². The van der Waals surface area contributed by atoms with Gasteiger partial charge >= 0.3 is 0 Å². The maximum Gasteiger partial charge on any atom is 0.261 e. The van der Waals surface area contributed by atoms with E-state index in [4.69, 9.17) is 4.42 Å². The molecule has 20 heavy (non-hydrogen) atoms. The van der Waals surface area contributed by atoms with Crippen molar-refractivity contribution in [3.63, 3.8) is 0 Å². The van der Waals surface area contributed by atoms with Crippen molar-refractivity contribution in [2.24, 2.45) is 5.10 Å². The summed E-state index contributed by atoms with van der Waals surface area (Å²) in [7, 11) is 0. The average molecular weight is 274 g/mol. The number of rotatable bonds is 4. The zero-order valence-corrected chi connectivity index (χ0v) is 12.1. The Morgan fingerprint density at radius 2 is 2.15 bits per heavy atom. The van der Waals surface area contributed by atoms with Crippen LogP contribution in [0, 0.1) is 20.8 Å². The third kappa shape index (κ3) is 3.34. The average Bonchev–Trinajstić information content (AvgIpc) is 2.93. The monoisotopic (exact) mass is 274 g/mol. The summed E-state index contributed by atoms with van der Waals surface area (Å²) in [5.41, 5.74) is 4.96. The Balaban J connectivity index is 1.96. The highest BCUT2D eigenvalue weighted by molar-refractivity contribution is 5.96. The molecule has 0 aliphatic rings. The first kappa shape index (κ1) is 14.0. The number of carbonyl (C=O) groups excluding carboxylic acids is 1. The lowest BCUT2D eigenvalue weighted by Gasteiger charge is -2.03. The highest BCUT2D eigenvalue weighted by Gasteiger charge is 2.07. The van der Waals surface area contributed by atoms with Gasteiger partial charge in [-0.2, -0.15) is 10.2 Å². The van der Waals surface area contributed by atoms with E-state index in [1.807, 2.05) is 39.0 Å². The van der Waals surface area contributed by atoms with E-state index in [0.717, 1.165) is 17.1 Å². The van der Waals surface area contributed by atoms with Crippen LogP contribution in [-0.2, 0) is 11.3 Å². The van der Waals surface area contributed by atoms with Gasteiger partial charge in [0.15, 0.2) is 0 Å². The highest BCUT2D eigenvalue weighted by atomic mass is 16.3. The fourth-order valence-electron chi connectivity index (χ4n) is 1.84. The first-order valence-corrected chi connectivity index (χ1v) is 6.36. The Morgan fingerprint density at radius 3 is 2.70 bits per heavy atom. The molecule has 0 saturated heterocycles. The largest absolute Gasteiger partial charge is 0.460 e. The molecule has 2 heterocycles. The second-order valence-corrected chi connectivity index (χ2v) is 4.73. The molecule has 0 unspecified atom stereocenters. The van der Waals surface area contributed by atoms with Crippen LogP contribution in [-0.4, -0.2) is 21.4 Å². The third-order valence-corrected chi connectivity index (χ3v) is 2.84. The van der Waals surface area contributed by atoms with Gasteiger partial charge in [0.05, 0.1) is 5.69 Å². The summed E-state index contributed by atoms with van der Waals surface area (Å²) in [6.07, 6.45) is 0. The molecule has 0 radical (unpaired) electrons. The van der Waals surface area contributed by atoms with E-state index in [2.05, 4.69) is 15.6 Å². The molecule has 6 heteroatoms. The standard InChI is InChI=1S/C14H18N4O2/c1-9-7-10(2)18(17-9)8-14(19)16-15-12(4)13-6-5-11(3)20-13/h5-7H,8H2,1-4H3,(H,16,19)/b15-12-. The Hall–Kier alpha value is -2.37. The number of nitrogens with one attached hydrogen (secondary N) is 1. The third-order valence-electron chi connectivity index (χ3n) is 2.84. The predicted octanol–water partition coefficient (Wildman–Crippen LogP) is 1.94. The van der Waals surface area contributed by atoms with Gasteiger partial charge in [-0.25, -0.2) is 5.43 Å². The molecular formula is C14H18N4O2. The number of nitrogens with zero attached hydrogens (tertiary/aromatic N) is 3. The Labute approximate surface area is 117 Å². The minimum atomic E-state index is -0.223.